The topological polar surface area (TPSA) is 77.1 Å². The van der Waals surface area contributed by atoms with Gasteiger partial charge in [-0.1, -0.05) is 55.7 Å². The van der Waals surface area contributed by atoms with E-state index in [1.165, 1.54) is 6.42 Å². The van der Waals surface area contributed by atoms with Crippen LogP contribution in [0.15, 0.2) is 66.7 Å². The normalized spacial score (nSPS) is 19.1. The highest BCUT2D eigenvalue weighted by atomic mass is 16.5. The molecule has 210 valence electrons. The molecule has 0 unspecified atom stereocenters. The van der Waals surface area contributed by atoms with E-state index in [1.807, 2.05) is 71.6 Å². The molecule has 1 N–H and O–H groups in total. The summed E-state index contributed by atoms with van der Waals surface area (Å²) < 4.78 is 16.2. The van der Waals surface area contributed by atoms with Crippen LogP contribution in [0.5, 0.6) is 17.2 Å². The van der Waals surface area contributed by atoms with Crippen molar-refractivity contribution in [2.24, 2.45) is 0 Å². The number of nitrogens with zero attached hydrogens (tertiary/aromatic N) is 1. The van der Waals surface area contributed by atoms with Gasteiger partial charge >= 0.3 is 0 Å². The fourth-order valence-electron chi connectivity index (χ4n) is 6.23. The van der Waals surface area contributed by atoms with E-state index in [9.17, 15) is 9.59 Å². The van der Waals surface area contributed by atoms with E-state index in [4.69, 9.17) is 14.2 Å². The molecule has 1 saturated carbocycles. The van der Waals surface area contributed by atoms with Gasteiger partial charge in [-0.25, -0.2) is 0 Å². The molecule has 40 heavy (non-hydrogen) atoms. The molecular formula is C33H38N2O5. The van der Waals surface area contributed by atoms with E-state index in [0.717, 1.165) is 48.1 Å². The molecule has 0 radical (unpaired) electrons. The predicted molar refractivity (Wildman–Crippen MR) is 154 cm³/mol. The van der Waals surface area contributed by atoms with E-state index in [0.29, 0.717) is 30.0 Å². The number of nitrogens with one attached hydrogen (secondary N) is 1. The summed E-state index contributed by atoms with van der Waals surface area (Å²) in [5.74, 6) is 1.47. The van der Waals surface area contributed by atoms with Crippen molar-refractivity contribution in [2.75, 3.05) is 27.9 Å². The minimum atomic E-state index is -0.533. The lowest BCUT2D eigenvalue weighted by atomic mass is 9.77. The summed E-state index contributed by atoms with van der Waals surface area (Å²) in [5, 5.41) is 3.19. The van der Waals surface area contributed by atoms with Gasteiger partial charge in [-0.3, -0.25) is 9.59 Å². The Kier molecular flexibility index (Phi) is 8.58. The van der Waals surface area contributed by atoms with Crippen LogP contribution in [0, 0.1) is 0 Å². The molecule has 2 aliphatic rings. The Morgan fingerprint density at radius 2 is 1.60 bits per heavy atom. The molecular weight excluding hydrogens is 504 g/mol. The number of methoxy groups -OCH3 is 3. The summed E-state index contributed by atoms with van der Waals surface area (Å²) in [6.45, 7) is 0.458. The third kappa shape index (κ3) is 5.51. The summed E-state index contributed by atoms with van der Waals surface area (Å²) >= 11 is 0. The SMILES string of the molecule is COc1ccc([C@H]2[C@@H](C(=O)NCCc3ccc(OC)c(OC)c3)c3ccccc3C(=O)N2C2CCCCC2)cc1. The van der Waals surface area contributed by atoms with Gasteiger partial charge < -0.3 is 24.4 Å². The van der Waals surface area contributed by atoms with Gasteiger partial charge in [0.2, 0.25) is 5.91 Å². The number of benzene rings is 3. The van der Waals surface area contributed by atoms with Gasteiger partial charge in [0.05, 0.1) is 33.3 Å². The highest BCUT2D eigenvalue weighted by Crippen LogP contribution is 2.46. The summed E-state index contributed by atoms with van der Waals surface area (Å²) in [5.41, 5.74) is 3.38. The molecule has 0 spiro atoms. The molecule has 1 aliphatic heterocycles. The molecule has 0 aromatic heterocycles. The third-order valence-corrected chi connectivity index (χ3v) is 8.24. The van der Waals surface area contributed by atoms with Crippen molar-refractivity contribution in [2.45, 2.75) is 56.5 Å². The third-order valence-electron chi connectivity index (χ3n) is 8.24. The van der Waals surface area contributed by atoms with Crippen LogP contribution >= 0.6 is 0 Å². The number of hydrogen-bond acceptors (Lipinski definition) is 5. The van der Waals surface area contributed by atoms with Crippen molar-refractivity contribution in [1.29, 1.82) is 0 Å². The van der Waals surface area contributed by atoms with Crippen LogP contribution in [-0.2, 0) is 11.2 Å². The molecule has 0 saturated heterocycles. The molecule has 3 aromatic carbocycles. The number of carbonyl (C=O) groups excluding carboxylic acids is 2. The quantitative estimate of drug-likeness (QED) is 0.376. The van der Waals surface area contributed by atoms with Crippen molar-refractivity contribution >= 4 is 11.8 Å². The first-order valence-electron chi connectivity index (χ1n) is 14.1. The molecule has 0 bridgehead atoms. The second kappa shape index (κ2) is 12.5. The standard InChI is InChI=1S/C33H38N2O5/c1-38-25-16-14-23(15-17-25)31-30(32(36)34-20-19-22-13-18-28(39-2)29(21-22)40-3)26-11-7-8-12-27(26)33(37)35(31)24-9-5-4-6-10-24/h7-8,11-18,21,24,30-31H,4-6,9-10,19-20H2,1-3H3,(H,34,36)/t30-,31-/m0/s1. The van der Waals surface area contributed by atoms with Gasteiger partial charge in [-0.05, 0) is 66.3 Å². The Hall–Kier alpha value is -4.00. The number of hydrogen-bond donors (Lipinski definition) is 1. The lowest BCUT2D eigenvalue weighted by Crippen LogP contribution is -2.52. The van der Waals surface area contributed by atoms with Crippen molar-refractivity contribution in [3.05, 3.63) is 89.0 Å². The zero-order chi connectivity index (χ0) is 28.1. The fourth-order valence-corrected chi connectivity index (χ4v) is 6.23. The number of fused-ring (bicyclic) bond motifs is 1. The number of carbonyl (C=O) groups is 2. The summed E-state index contributed by atoms with van der Waals surface area (Å²) in [6, 6.07) is 20.9. The molecule has 5 rings (SSSR count). The summed E-state index contributed by atoms with van der Waals surface area (Å²) in [6.07, 6.45) is 5.91. The van der Waals surface area contributed by atoms with E-state index >= 15 is 0 Å². The Morgan fingerprint density at radius 1 is 0.875 bits per heavy atom. The first kappa shape index (κ1) is 27.6. The Labute approximate surface area is 236 Å². The van der Waals surface area contributed by atoms with Crippen LogP contribution in [0.25, 0.3) is 0 Å². The second-order valence-corrected chi connectivity index (χ2v) is 10.5. The van der Waals surface area contributed by atoms with Crippen LogP contribution in [0.1, 0.15) is 71.1 Å². The minimum absolute atomic E-state index is 0.0118. The smallest absolute Gasteiger partial charge is 0.254 e. The zero-order valence-corrected chi connectivity index (χ0v) is 23.5. The van der Waals surface area contributed by atoms with E-state index in [-0.39, 0.29) is 17.9 Å². The molecule has 7 heteroatoms. The van der Waals surface area contributed by atoms with Crippen molar-refractivity contribution in [1.82, 2.24) is 10.2 Å². The average molecular weight is 543 g/mol. The lowest BCUT2D eigenvalue weighted by Gasteiger charge is -2.46. The Balaban J connectivity index is 1.47. The Morgan fingerprint density at radius 3 is 2.30 bits per heavy atom. The molecule has 1 fully saturated rings. The van der Waals surface area contributed by atoms with Gasteiger partial charge in [0, 0.05) is 18.2 Å². The van der Waals surface area contributed by atoms with Crippen molar-refractivity contribution < 1.29 is 23.8 Å². The summed E-state index contributed by atoms with van der Waals surface area (Å²) in [7, 11) is 4.86. The molecule has 3 aromatic rings. The maximum absolute atomic E-state index is 14.1. The Bertz CT molecular complexity index is 1330. The van der Waals surface area contributed by atoms with Gasteiger partial charge in [0.15, 0.2) is 11.5 Å². The maximum atomic E-state index is 14.1. The molecule has 1 aliphatic carbocycles. The van der Waals surface area contributed by atoms with Crippen LogP contribution in [0.2, 0.25) is 0 Å². The summed E-state index contributed by atoms with van der Waals surface area (Å²) in [4.78, 5) is 30.2. The van der Waals surface area contributed by atoms with Crippen LogP contribution in [0.3, 0.4) is 0 Å². The van der Waals surface area contributed by atoms with E-state index in [2.05, 4.69) is 5.32 Å². The van der Waals surface area contributed by atoms with Gasteiger partial charge in [-0.15, -0.1) is 0 Å². The van der Waals surface area contributed by atoms with Crippen LogP contribution in [-0.4, -0.2) is 50.6 Å². The number of rotatable bonds is 9. The van der Waals surface area contributed by atoms with E-state index < -0.39 is 12.0 Å². The highest BCUT2D eigenvalue weighted by molar-refractivity contribution is 6.01. The largest absolute Gasteiger partial charge is 0.497 e. The fraction of sp³-hybridized carbons (Fsp3) is 0.394. The van der Waals surface area contributed by atoms with E-state index in [1.54, 1.807) is 21.3 Å². The van der Waals surface area contributed by atoms with Crippen LogP contribution in [0.4, 0.5) is 0 Å². The highest BCUT2D eigenvalue weighted by Gasteiger charge is 2.46. The molecule has 7 nitrogen and oxygen atoms in total. The van der Waals surface area contributed by atoms with Crippen molar-refractivity contribution in [3.63, 3.8) is 0 Å². The van der Waals surface area contributed by atoms with Gasteiger partial charge in [-0.2, -0.15) is 0 Å². The maximum Gasteiger partial charge on any atom is 0.254 e. The van der Waals surface area contributed by atoms with Crippen LogP contribution < -0.4 is 19.5 Å². The number of ether oxygens (including phenoxy) is 3. The lowest BCUT2D eigenvalue weighted by molar-refractivity contribution is -0.124. The predicted octanol–water partition coefficient (Wildman–Crippen LogP) is 5.68. The van der Waals surface area contributed by atoms with Gasteiger partial charge in [0.1, 0.15) is 5.75 Å². The van der Waals surface area contributed by atoms with Crippen molar-refractivity contribution in [3.8, 4) is 17.2 Å². The molecule has 2 atom stereocenters. The second-order valence-electron chi connectivity index (χ2n) is 10.5. The zero-order valence-electron chi connectivity index (χ0n) is 23.5. The molecule has 2 amide bonds. The van der Waals surface area contributed by atoms with Gasteiger partial charge in [0.25, 0.3) is 5.91 Å². The first-order chi connectivity index (χ1) is 19.5. The molecule has 1 heterocycles. The number of amides is 2. The first-order valence-corrected chi connectivity index (χ1v) is 14.1. The minimum Gasteiger partial charge on any atom is -0.497 e. The average Bonchev–Trinajstić information content (AvgIpc) is 3.01. The monoisotopic (exact) mass is 542 g/mol.